The second-order valence-corrected chi connectivity index (χ2v) is 12.2. The van der Waals surface area contributed by atoms with E-state index in [9.17, 15) is 4.79 Å². The quantitative estimate of drug-likeness (QED) is 0.189. The van der Waals surface area contributed by atoms with Crippen LogP contribution >= 0.6 is 0 Å². The molecule has 0 saturated carbocycles. The van der Waals surface area contributed by atoms with Crippen molar-refractivity contribution in [3.05, 3.63) is 124 Å². The Bertz CT molecular complexity index is 1670. The molecule has 0 spiro atoms. The highest BCUT2D eigenvalue weighted by molar-refractivity contribution is 5.94. The van der Waals surface area contributed by atoms with Crippen LogP contribution < -0.4 is 0 Å². The molecule has 3 aliphatic carbocycles. The molecule has 0 fully saturated rings. The van der Waals surface area contributed by atoms with Crippen LogP contribution in [0.4, 0.5) is 0 Å². The number of carbonyl (C=O) groups is 1. The average Bonchev–Trinajstić information content (AvgIpc) is 2.94. The van der Waals surface area contributed by atoms with Crippen molar-refractivity contribution in [2.24, 2.45) is 0 Å². The van der Waals surface area contributed by atoms with Gasteiger partial charge in [0.15, 0.2) is 0 Å². The first-order chi connectivity index (χ1) is 18.3. The van der Waals surface area contributed by atoms with Crippen molar-refractivity contribution < 1.29 is 4.79 Å². The minimum absolute atomic E-state index is 0.0379. The fourth-order valence-corrected chi connectivity index (χ4v) is 6.44. The van der Waals surface area contributed by atoms with Crippen LogP contribution in [0, 0.1) is 0 Å². The summed E-state index contributed by atoms with van der Waals surface area (Å²) >= 11 is 0. The van der Waals surface area contributed by atoms with Gasteiger partial charge in [-0.2, -0.15) is 0 Å². The number of aldehydes is 1. The molecular weight excluding hydrogens is 460 g/mol. The van der Waals surface area contributed by atoms with E-state index in [-0.39, 0.29) is 10.8 Å². The highest BCUT2D eigenvalue weighted by atomic mass is 16.1. The largest absolute Gasteiger partial charge is 0.298 e. The van der Waals surface area contributed by atoms with E-state index in [1.54, 1.807) is 11.1 Å². The molecule has 0 saturated heterocycles. The molecule has 0 bridgehead atoms. The van der Waals surface area contributed by atoms with E-state index in [0.29, 0.717) is 0 Å². The highest BCUT2D eigenvalue weighted by Crippen LogP contribution is 2.43. The number of benzene rings is 4. The molecule has 0 radical (unpaired) electrons. The second-order valence-electron chi connectivity index (χ2n) is 12.2. The number of carbonyl (C=O) groups excluding carboxylic acids is 1. The van der Waals surface area contributed by atoms with E-state index in [2.05, 4.69) is 101 Å². The molecule has 38 heavy (non-hydrogen) atoms. The topological polar surface area (TPSA) is 17.1 Å². The summed E-state index contributed by atoms with van der Waals surface area (Å²) < 4.78 is 0. The summed E-state index contributed by atoms with van der Waals surface area (Å²) in [6, 6.07) is 23.8. The van der Waals surface area contributed by atoms with E-state index in [4.69, 9.17) is 0 Å². The lowest BCUT2D eigenvalue weighted by atomic mass is 9.67. The van der Waals surface area contributed by atoms with Crippen molar-refractivity contribution in [2.75, 3.05) is 0 Å². The third-order valence-corrected chi connectivity index (χ3v) is 8.73. The first kappa shape index (κ1) is 24.6. The van der Waals surface area contributed by atoms with E-state index < -0.39 is 0 Å². The van der Waals surface area contributed by atoms with E-state index in [1.165, 1.54) is 64.1 Å². The lowest BCUT2D eigenvalue weighted by Gasteiger charge is -2.37. The van der Waals surface area contributed by atoms with Crippen LogP contribution in [0.5, 0.6) is 0 Å². The zero-order valence-corrected chi connectivity index (χ0v) is 23.0. The molecule has 7 rings (SSSR count). The molecule has 0 unspecified atom stereocenters. The Morgan fingerprint density at radius 1 is 0.711 bits per heavy atom. The number of allylic oxidation sites excluding steroid dienone is 6. The highest BCUT2D eigenvalue weighted by Gasteiger charge is 2.32. The van der Waals surface area contributed by atoms with Gasteiger partial charge in [0.25, 0.3) is 0 Å². The molecule has 4 aromatic carbocycles. The average molecular weight is 497 g/mol. The van der Waals surface area contributed by atoms with Gasteiger partial charge in [-0.1, -0.05) is 106 Å². The van der Waals surface area contributed by atoms with Crippen molar-refractivity contribution in [3.8, 4) is 0 Å². The van der Waals surface area contributed by atoms with E-state index in [0.717, 1.165) is 17.2 Å². The predicted octanol–water partition coefficient (Wildman–Crippen LogP) is 9.67. The lowest BCUT2D eigenvalue weighted by molar-refractivity contribution is 0.112. The number of aryl methyl sites for hydroxylation is 1. The normalized spacial score (nSPS) is 18.3. The van der Waals surface area contributed by atoms with Crippen LogP contribution in [0.2, 0.25) is 0 Å². The minimum Gasteiger partial charge on any atom is -0.298 e. The molecule has 0 N–H and O–H groups in total. The fraction of sp³-hybridized carbons (Fsp3) is 0.270. The number of hydrogen-bond donors (Lipinski definition) is 0. The Kier molecular flexibility index (Phi) is 5.99. The number of fused-ring (bicyclic) bond motifs is 6. The standard InChI is InChI=1S/C19H20O.C18H16/c1-18(2)7-8-19(3,4)17-11-15-9-13(12-20)5-6-14(15)10-16(17)18;1-3-7-15-13(5-1)9-11-18-16-8-4-2-6-14(16)10-12-17(15)18/h5-12H,1-4H3;1,3-5,7-9,11H,2,6,10,12H2. The maximum atomic E-state index is 11.0. The summed E-state index contributed by atoms with van der Waals surface area (Å²) in [6.07, 6.45) is 15.1. The van der Waals surface area contributed by atoms with E-state index in [1.807, 2.05) is 18.2 Å². The van der Waals surface area contributed by atoms with Crippen LogP contribution in [0.25, 0.3) is 27.1 Å². The Morgan fingerprint density at radius 3 is 2.18 bits per heavy atom. The molecule has 1 nitrogen and oxygen atoms in total. The van der Waals surface area contributed by atoms with Crippen LogP contribution in [0.15, 0.2) is 96.6 Å². The van der Waals surface area contributed by atoms with E-state index >= 15 is 0 Å². The molecule has 4 aromatic rings. The van der Waals surface area contributed by atoms with Crippen molar-refractivity contribution in [1.82, 2.24) is 0 Å². The zero-order valence-electron chi connectivity index (χ0n) is 23.0. The maximum absolute atomic E-state index is 11.0. The van der Waals surface area contributed by atoms with Gasteiger partial charge in [-0.05, 0) is 93.3 Å². The van der Waals surface area contributed by atoms with Gasteiger partial charge in [-0.3, -0.25) is 4.79 Å². The van der Waals surface area contributed by atoms with Crippen molar-refractivity contribution >= 4 is 33.4 Å². The molecule has 0 heterocycles. The monoisotopic (exact) mass is 496 g/mol. The summed E-state index contributed by atoms with van der Waals surface area (Å²) in [4.78, 5) is 11.0. The van der Waals surface area contributed by atoms with Crippen LogP contribution in [-0.2, 0) is 17.3 Å². The molecule has 0 aromatic heterocycles. The van der Waals surface area contributed by atoms with Crippen molar-refractivity contribution in [1.29, 1.82) is 0 Å². The van der Waals surface area contributed by atoms with Gasteiger partial charge in [0.2, 0.25) is 0 Å². The van der Waals surface area contributed by atoms with Gasteiger partial charge in [0.1, 0.15) is 6.29 Å². The first-order valence-electron chi connectivity index (χ1n) is 13.9. The molecule has 0 amide bonds. The Labute approximate surface area is 226 Å². The Morgan fingerprint density at radius 2 is 1.42 bits per heavy atom. The third-order valence-electron chi connectivity index (χ3n) is 8.73. The summed E-state index contributed by atoms with van der Waals surface area (Å²) in [7, 11) is 0. The zero-order chi connectivity index (χ0) is 26.5. The van der Waals surface area contributed by atoms with Gasteiger partial charge >= 0.3 is 0 Å². The van der Waals surface area contributed by atoms with Gasteiger partial charge in [0.05, 0.1) is 0 Å². The second kappa shape index (κ2) is 9.24. The first-order valence-corrected chi connectivity index (χ1v) is 13.9. The van der Waals surface area contributed by atoms with Gasteiger partial charge in [-0.15, -0.1) is 0 Å². The third kappa shape index (κ3) is 4.25. The molecule has 3 aliphatic rings. The van der Waals surface area contributed by atoms with Gasteiger partial charge < -0.3 is 0 Å². The van der Waals surface area contributed by atoms with Crippen LogP contribution in [0.1, 0.15) is 79.6 Å². The molecule has 190 valence electrons. The van der Waals surface area contributed by atoms with Crippen LogP contribution in [0.3, 0.4) is 0 Å². The smallest absolute Gasteiger partial charge is 0.150 e. The molecule has 0 aliphatic heterocycles. The molecule has 1 heteroatoms. The Balaban J connectivity index is 0.000000140. The maximum Gasteiger partial charge on any atom is 0.150 e. The number of hydrogen-bond acceptors (Lipinski definition) is 1. The lowest BCUT2D eigenvalue weighted by Crippen LogP contribution is -2.28. The molecule has 0 atom stereocenters. The number of rotatable bonds is 1. The molecular formula is C37H36O. The summed E-state index contributed by atoms with van der Waals surface area (Å²) in [5.74, 6) is 0. The SMILES string of the molecule is C1=CC2=C(CC1)CCc1c2ccc2ccccc12.CC1(C)C=CC(C)(C)c2cc3cc(C=O)ccc3cc21. The van der Waals surface area contributed by atoms with Crippen LogP contribution in [-0.4, -0.2) is 6.29 Å². The van der Waals surface area contributed by atoms with Gasteiger partial charge in [0, 0.05) is 16.4 Å². The minimum atomic E-state index is 0.0379. The summed E-state index contributed by atoms with van der Waals surface area (Å²) in [5, 5.41) is 5.17. The van der Waals surface area contributed by atoms with Crippen molar-refractivity contribution in [2.45, 2.75) is 64.2 Å². The summed E-state index contributed by atoms with van der Waals surface area (Å²) in [6.45, 7) is 8.99. The predicted molar refractivity (Wildman–Crippen MR) is 162 cm³/mol. The summed E-state index contributed by atoms with van der Waals surface area (Å²) in [5.41, 5.74) is 9.79. The Hall–Kier alpha value is -3.71. The van der Waals surface area contributed by atoms with Gasteiger partial charge in [-0.25, -0.2) is 0 Å². The fourth-order valence-electron chi connectivity index (χ4n) is 6.44. The van der Waals surface area contributed by atoms with Crippen molar-refractivity contribution in [3.63, 3.8) is 0 Å².